The maximum absolute atomic E-state index is 9.86. The van der Waals surface area contributed by atoms with Gasteiger partial charge in [-0.2, -0.15) is 0 Å². The van der Waals surface area contributed by atoms with Crippen molar-refractivity contribution in [2.75, 3.05) is 33.4 Å². The lowest BCUT2D eigenvalue weighted by molar-refractivity contribution is 0.0310. The van der Waals surface area contributed by atoms with Gasteiger partial charge in [-0.3, -0.25) is 0 Å². The van der Waals surface area contributed by atoms with Crippen LogP contribution in [0.3, 0.4) is 0 Å². The maximum atomic E-state index is 9.86. The third-order valence-electron chi connectivity index (χ3n) is 5.17. The normalized spacial score (nSPS) is 21.8. The standard InChI is InChI=1S/C20H32N2O3/c1-20(2)11-15-5-4-6-16(19(15)25-20)12-21-17-7-9-22(10-8-17)13-18(23)14-24-3/h4-6,17-18,21,23H,7-14H2,1-3H3. The van der Waals surface area contributed by atoms with Crippen molar-refractivity contribution in [2.24, 2.45) is 0 Å². The minimum Gasteiger partial charge on any atom is -0.487 e. The van der Waals surface area contributed by atoms with E-state index in [0.29, 0.717) is 19.2 Å². The zero-order valence-corrected chi connectivity index (χ0v) is 15.8. The first-order chi connectivity index (χ1) is 12.0. The zero-order valence-electron chi connectivity index (χ0n) is 15.8. The molecule has 2 aliphatic heterocycles. The van der Waals surface area contributed by atoms with Crippen molar-refractivity contribution in [2.45, 2.75) is 57.4 Å². The molecule has 140 valence electrons. The highest BCUT2D eigenvalue weighted by Gasteiger charge is 2.31. The monoisotopic (exact) mass is 348 g/mol. The number of para-hydroxylation sites is 1. The van der Waals surface area contributed by atoms with Crippen LogP contribution >= 0.6 is 0 Å². The topological polar surface area (TPSA) is 54.0 Å². The van der Waals surface area contributed by atoms with Gasteiger partial charge in [-0.05, 0) is 45.3 Å². The van der Waals surface area contributed by atoms with Crippen molar-refractivity contribution >= 4 is 0 Å². The maximum Gasteiger partial charge on any atom is 0.127 e. The SMILES string of the molecule is COCC(O)CN1CCC(NCc2cccc3c2OC(C)(C)C3)CC1. The molecule has 0 aromatic heterocycles. The molecule has 2 N–H and O–H groups in total. The second-order valence-electron chi connectivity index (χ2n) is 8.01. The number of methoxy groups -OCH3 is 1. The summed E-state index contributed by atoms with van der Waals surface area (Å²) in [5, 5.41) is 13.6. The molecule has 1 atom stereocenters. The van der Waals surface area contributed by atoms with Crippen molar-refractivity contribution in [3.63, 3.8) is 0 Å². The largest absolute Gasteiger partial charge is 0.487 e. The summed E-state index contributed by atoms with van der Waals surface area (Å²) in [6.45, 7) is 8.32. The zero-order chi connectivity index (χ0) is 17.9. The molecule has 0 radical (unpaired) electrons. The Hall–Kier alpha value is -1.14. The molecule has 0 saturated carbocycles. The number of ether oxygens (including phenoxy) is 2. The van der Waals surface area contributed by atoms with Crippen molar-refractivity contribution in [3.8, 4) is 5.75 Å². The van der Waals surface area contributed by atoms with Gasteiger partial charge in [0.15, 0.2) is 0 Å². The Kier molecular flexibility index (Phi) is 6.00. The van der Waals surface area contributed by atoms with Crippen LogP contribution in [0, 0.1) is 0 Å². The summed E-state index contributed by atoms with van der Waals surface area (Å²) in [5.74, 6) is 1.08. The molecule has 1 unspecified atom stereocenters. The molecule has 0 aliphatic carbocycles. The number of likely N-dealkylation sites (tertiary alicyclic amines) is 1. The number of hydrogen-bond donors (Lipinski definition) is 2. The summed E-state index contributed by atoms with van der Waals surface area (Å²) in [6.07, 6.45) is 2.82. The van der Waals surface area contributed by atoms with Crippen LogP contribution in [0.2, 0.25) is 0 Å². The highest BCUT2D eigenvalue weighted by molar-refractivity contribution is 5.45. The average Bonchev–Trinajstić information content (AvgIpc) is 2.89. The third kappa shape index (κ3) is 4.94. The van der Waals surface area contributed by atoms with E-state index in [-0.39, 0.29) is 11.7 Å². The summed E-state index contributed by atoms with van der Waals surface area (Å²) in [7, 11) is 1.63. The molecule has 1 aromatic carbocycles. The van der Waals surface area contributed by atoms with Crippen LogP contribution in [-0.2, 0) is 17.7 Å². The summed E-state index contributed by atoms with van der Waals surface area (Å²) >= 11 is 0. The number of fused-ring (bicyclic) bond motifs is 1. The lowest BCUT2D eigenvalue weighted by atomic mass is 10.00. The first-order valence-corrected chi connectivity index (χ1v) is 9.39. The van der Waals surface area contributed by atoms with Gasteiger partial charge < -0.3 is 24.8 Å². The molecule has 3 rings (SSSR count). The first kappa shape index (κ1) is 18.6. The number of aliphatic hydroxyl groups excluding tert-OH is 1. The number of aliphatic hydroxyl groups is 1. The molecule has 1 aromatic rings. The number of β-amino-alcohol motifs (C(OH)–C–C–N with tert-alkyl or cyclic N) is 1. The van der Waals surface area contributed by atoms with Gasteiger partial charge in [0, 0.05) is 38.2 Å². The van der Waals surface area contributed by atoms with Crippen molar-refractivity contribution in [1.82, 2.24) is 10.2 Å². The second kappa shape index (κ2) is 8.04. The predicted octanol–water partition coefficient (Wildman–Crippen LogP) is 1.96. The third-order valence-corrected chi connectivity index (χ3v) is 5.17. The summed E-state index contributed by atoms with van der Waals surface area (Å²) in [5.41, 5.74) is 2.50. The van der Waals surface area contributed by atoms with Crippen LogP contribution in [-0.4, -0.2) is 61.1 Å². The van der Waals surface area contributed by atoms with Crippen LogP contribution in [0.15, 0.2) is 18.2 Å². The van der Waals surface area contributed by atoms with E-state index in [1.807, 2.05) is 0 Å². The Bertz CT molecular complexity index is 568. The van der Waals surface area contributed by atoms with Gasteiger partial charge in [0.2, 0.25) is 0 Å². The van der Waals surface area contributed by atoms with Crippen LogP contribution in [0.5, 0.6) is 5.75 Å². The molecule has 0 spiro atoms. The summed E-state index contributed by atoms with van der Waals surface area (Å²) in [4.78, 5) is 2.33. The molecule has 1 saturated heterocycles. The van der Waals surface area contributed by atoms with E-state index in [0.717, 1.165) is 44.6 Å². The summed E-state index contributed by atoms with van der Waals surface area (Å²) < 4.78 is 11.2. The van der Waals surface area contributed by atoms with Crippen LogP contribution in [0.4, 0.5) is 0 Å². The minimum atomic E-state index is -0.387. The van der Waals surface area contributed by atoms with Gasteiger partial charge in [-0.25, -0.2) is 0 Å². The van der Waals surface area contributed by atoms with Crippen molar-refractivity contribution in [3.05, 3.63) is 29.3 Å². The fourth-order valence-corrected chi connectivity index (χ4v) is 3.94. The Labute approximate surface area is 151 Å². The van der Waals surface area contributed by atoms with Gasteiger partial charge in [0.05, 0.1) is 12.7 Å². The van der Waals surface area contributed by atoms with Gasteiger partial charge in [0.1, 0.15) is 11.4 Å². The smallest absolute Gasteiger partial charge is 0.127 e. The Morgan fingerprint density at radius 3 is 2.84 bits per heavy atom. The number of rotatable bonds is 7. The molecule has 5 nitrogen and oxygen atoms in total. The van der Waals surface area contributed by atoms with E-state index < -0.39 is 0 Å². The fraction of sp³-hybridized carbons (Fsp3) is 0.700. The molecule has 1 fully saturated rings. The Morgan fingerprint density at radius 2 is 2.12 bits per heavy atom. The Balaban J connectivity index is 1.46. The van der Waals surface area contributed by atoms with E-state index in [9.17, 15) is 5.11 Å². The molecular formula is C20H32N2O3. The van der Waals surface area contributed by atoms with Gasteiger partial charge >= 0.3 is 0 Å². The van der Waals surface area contributed by atoms with Gasteiger partial charge in [0.25, 0.3) is 0 Å². The van der Waals surface area contributed by atoms with Gasteiger partial charge in [-0.1, -0.05) is 18.2 Å². The first-order valence-electron chi connectivity index (χ1n) is 9.39. The van der Waals surface area contributed by atoms with Crippen LogP contribution in [0.1, 0.15) is 37.8 Å². The van der Waals surface area contributed by atoms with Gasteiger partial charge in [-0.15, -0.1) is 0 Å². The quantitative estimate of drug-likeness (QED) is 0.789. The number of nitrogens with one attached hydrogen (secondary N) is 1. The number of hydrogen-bond acceptors (Lipinski definition) is 5. The molecular weight excluding hydrogens is 316 g/mol. The van der Waals surface area contributed by atoms with E-state index in [1.165, 1.54) is 11.1 Å². The number of piperidine rings is 1. The molecule has 2 aliphatic rings. The van der Waals surface area contributed by atoms with Crippen molar-refractivity contribution < 1.29 is 14.6 Å². The van der Waals surface area contributed by atoms with Crippen LogP contribution < -0.4 is 10.1 Å². The van der Waals surface area contributed by atoms with Crippen molar-refractivity contribution in [1.29, 1.82) is 0 Å². The molecule has 0 bridgehead atoms. The Morgan fingerprint density at radius 1 is 1.36 bits per heavy atom. The lowest BCUT2D eigenvalue weighted by Gasteiger charge is -2.33. The van der Waals surface area contributed by atoms with E-state index in [1.54, 1.807) is 7.11 Å². The van der Waals surface area contributed by atoms with E-state index in [2.05, 4.69) is 42.3 Å². The summed E-state index contributed by atoms with van der Waals surface area (Å²) in [6, 6.07) is 7.02. The molecule has 5 heteroatoms. The van der Waals surface area contributed by atoms with Crippen LogP contribution in [0.25, 0.3) is 0 Å². The molecule has 0 amide bonds. The fourth-order valence-electron chi connectivity index (χ4n) is 3.94. The van der Waals surface area contributed by atoms with E-state index in [4.69, 9.17) is 9.47 Å². The highest BCUT2D eigenvalue weighted by atomic mass is 16.5. The average molecular weight is 348 g/mol. The lowest BCUT2D eigenvalue weighted by Crippen LogP contribution is -2.45. The molecule has 25 heavy (non-hydrogen) atoms. The second-order valence-corrected chi connectivity index (χ2v) is 8.01. The van der Waals surface area contributed by atoms with E-state index >= 15 is 0 Å². The number of benzene rings is 1. The minimum absolute atomic E-state index is 0.0905. The predicted molar refractivity (Wildman–Crippen MR) is 99.0 cm³/mol. The molecule has 2 heterocycles. The number of nitrogens with zero attached hydrogens (tertiary/aromatic N) is 1. The highest BCUT2D eigenvalue weighted by Crippen LogP contribution is 2.37.